The number of carbonyl (C=O) groups excluding carboxylic acids is 1. The maximum Gasteiger partial charge on any atom is 0.303 e. The molecule has 0 saturated carbocycles. The quantitative estimate of drug-likeness (QED) is 0.828. The van der Waals surface area contributed by atoms with Gasteiger partial charge in [0.25, 0.3) is 5.91 Å². The molecule has 0 aliphatic heterocycles. The fourth-order valence-electron chi connectivity index (χ4n) is 2.00. The van der Waals surface area contributed by atoms with Gasteiger partial charge in [0.2, 0.25) is 0 Å². The molecule has 0 radical (unpaired) electrons. The second kappa shape index (κ2) is 6.30. The van der Waals surface area contributed by atoms with Gasteiger partial charge in [0.15, 0.2) is 0 Å². The lowest BCUT2D eigenvalue weighted by molar-refractivity contribution is -0.137. The number of hydrogen-bond acceptors (Lipinski definition) is 3. The van der Waals surface area contributed by atoms with Crippen LogP contribution in [0.25, 0.3) is 10.9 Å². The number of aromatic nitrogens is 1. The number of carbonyl (C=O) groups is 2. The molecule has 1 amide bonds. The molecule has 0 unspecified atom stereocenters. The van der Waals surface area contributed by atoms with Crippen molar-refractivity contribution >= 4 is 22.8 Å². The minimum atomic E-state index is -0.894. The van der Waals surface area contributed by atoms with Gasteiger partial charge in [-0.1, -0.05) is 0 Å². The summed E-state index contributed by atoms with van der Waals surface area (Å²) in [5.74, 6) is -1.58. The van der Waals surface area contributed by atoms with Crippen LogP contribution in [-0.4, -0.2) is 28.5 Å². The molecule has 1 heterocycles. The van der Waals surface area contributed by atoms with Crippen molar-refractivity contribution in [3.8, 4) is 0 Å². The lowest BCUT2D eigenvalue weighted by atomic mass is 10.1. The first-order valence-corrected chi connectivity index (χ1v) is 6.54. The van der Waals surface area contributed by atoms with Crippen molar-refractivity contribution in [1.29, 1.82) is 0 Å². The zero-order valence-corrected chi connectivity index (χ0v) is 11.5. The van der Waals surface area contributed by atoms with E-state index >= 15 is 0 Å². The number of aryl methyl sites for hydroxylation is 1. The van der Waals surface area contributed by atoms with Gasteiger partial charge in [0.05, 0.1) is 16.8 Å². The number of rotatable bonds is 5. The van der Waals surface area contributed by atoms with E-state index in [1.807, 2.05) is 0 Å². The minimum Gasteiger partial charge on any atom is -0.481 e. The van der Waals surface area contributed by atoms with Gasteiger partial charge in [-0.25, -0.2) is 4.39 Å². The number of nitrogens with zero attached hydrogens (tertiary/aromatic N) is 1. The Kier molecular flexibility index (Phi) is 4.47. The number of fused-ring (bicyclic) bond motifs is 1. The molecule has 0 fully saturated rings. The SMILES string of the molecule is Cc1nc2cc(F)ccc2cc1C(=O)NCCCC(=O)O. The lowest BCUT2D eigenvalue weighted by Gasteiger charge is -2.08. The first-order valence-electron chi connectivity index (χ1n) is 6.54. The van der Waals surface area contributed by atoms with Gasteiger partial charge in [-0.15, -0.1) is 0 Å². The number of carboxylic acids is 1. The summed E-state index contributed by atoms with van der Waals surface area (Å²) in [7, 11) is 0. The number of pyridine rings is 1. The number of carboxylic acid groups (broad SMARTS) is 1. The third kappa shape index (κ3) is 3.75. The van der Waals surface area contributed by atoms with Crippen LogP contribution in [0.4, 0.5) is 4.39 Å². The van der Waals surface area contributed by atoms with E-state index in [0.29, 0.717) is 28.6 Å². The van der Waals surface area contributed by atoms with Crippen LogP contribution in [0.2, 0.25) is 0 Å². The fourth-order valence-corrected chi connectivity index (χ4v) is 2.00. The number of nitrogens with one attached hydrogen (secondary N) is 1. The molecule has 1 aromatic carbocycles. The van der Waals surface area contributed by atoms with Crippen molar-refractivity contribution in [1.82, 2.24) is 10.3 Å². The molecule has 0 spiro atoms. The molecule has 0 saturated heterocycles. The monoisotopic (exact) mass is 290 g/mol. The molecule has 2 aromatic rings. The zero-order chi connectivity index (χ0) is 15.4. The van der Waals surface area contributed by atoms with E-state index in [9.17, 15) is 14.0 Å². The predicted molar refractivity (Wildman–Crippen MR) is 75.6 cm³/mol. The number of amides is 1. The van der Waals surface area contributed by atoms with E-state index < -0.39 is 5.97 Å². The highest BCUT2D eigenvalue weighted by Crippen LogP contribution is 2.17. The summed E-state index contributed by atoms with van der Waals surface area (Å²) in [5, 5.41) is 11.9. The Hall–Kier alpha value is -2.50. The lowest BCUT2D eigenvalue weighted by Crippen LogP contribution is -2.25. The molecular formula is C15H15FN2O3. The normalized spacial score (nSPS) is 10.6. The molecule has 2 N–H and O–H groups in total. The summed E-state index contributed by atoms with van der Waals surface area (Å²) in [5.41, 5.74) is 1.41. The molecule has 110 valence electrons. The maximum absolute atomic E-state index is 13.1. The van der Waals surface area contributed by atoms with Gasteiger partial charge in [-0.3, -0.25) is 14.6 Å². The first kappa shape index (κ1) is 14.9. The molecule has 0 atom stereocenters. The zero-order valence-electron chi connectivity index (χ0n) is 11.5. The largest absolute Gasteiger partial charge is 0.481 e. The van der Waals surface area contributed by atoms with Crippen LogP contribution in [0.5, 0.6) is 0 Å². The molecule has 1 aromatic heterocycles. The molecule has 0 bridgehead atoms. The number of aliphatic carboxylic acids is 1. The van der Waals surface area contributed by atoms with Crippen molar-refractivity contribution in [2.45, 2.75) is 19.8 Å². The average molecular weight is 290 g/mol. The Bertz CT molecular complexity index is 701. The van der Waals surface area contributed by atoms with E-state index in [4.69, 9.17) is 5.11 Å². The average Bonchev–Trinajstić information content (AvgIpc) is 2.42. The molecular weight excluding hydrogens is 275 g/mol. The van der Waals surface area contributed by atoms with E-state index in [2.05, 4.69) is 10.3 Å². The first-order chi connectivity index (χ1) is 9.97. The second-order valence-corrected chi connectivity index (χ2v) is 4.71. The summed E-state index contributed by atoms with van der Waals surface area (Å²) in [6.07, 6.45) is 0.376. The second-order valence-electron chi connectivity index (χ2n) is 4.71. The standard InChI is InChI=1S/C15H15FN2O3/c1-9-12(15(21)17-6-2-3-14(19)20)7-10-4-5-11(16)8-13(10)18-9/h4-5,7-8H,2-3,6H2,1H3,(H,17,21)(H,19,20). The van der Waals surface area contributed by atoms with E-state index in [1.54, 1.807) is 19.1 Å². The van der Waals surface area contributed by atoms with E-state index in [1.165, 1.54) is 12.1 Å². The molecule has 6 heteroatoms. The van der Waals surface area contributed by atoms with Crippen LogP contribution in [-0.2, 0) is 4.79 Å². The molecule has 5 nitrogen and oxygen atoms in total. The third-order valence-electron chi connectivity index (χ3n) is 3.07. The van der Waals surface area contributed by atoms with Gasteiger partial charge in [0, 0.05) is 24.4 Å². The highest BCUT2D eigenvalue weighted by atomic mass is 19.1. The molecule has 0 aliphatic carbocycles. The topological polar surface area (TPSA) is 79.3 Å². The van der Waals surface area contributed by atoms with E-state index in [0.717, 1.165) is 0 Å². The van der Waals surface area contributed by atoms with Crippen LogP contribution < -0.4 is 5.32 Å². The van der Waals surface area contributed by atoms with Crippen LogP contribution in [0.1, 0.15) is 28.9 Å². The molecule has 0 aliphatic rings. The molecule has 2 rings (SSSR count). The Morgan fingerprint density at radius 2 is 2.10 bits per heavy atom. The van der Waals surface area contributed by atoms with Crippen LogP contribution >= 0.6 is 0 Å². The number of halogens is 1. The van der Waals surface area contributed by atoms with Crippen molar-refractivity contribution in [3.63, 3.8) is 0 Å². The summed E-state index contributed by atoms with van der Waals surface area (Å²) in [6, 6.07) is 5.85. The van der Waals surface area contributed by atoms with Gasteiger partial charge < -0.3 is 10.4 Å². The van der Waals surface area contributed by atoms with Gasteiger partial charge in [-0.2, -0.15) is 0 Å². The van der Waals surface area contributed by atoms with Crippen LogP contribution in [0.15, 0.2) is 24.3 Å². The highest BCUT2D eigenvalue weighted by molar-refractivity contribution is 5.98. The highest BCUT2D eigenvalue weighted by Gasteiger charge is 2.11. The fraction of sp³-hybridized carbons (Fsp3) is 0.267. The van der Waals surface area contributed by atoms with Crippen molar-refractivity contribution in [2.75, 3.05) is 6.54 Å². The Morgan fingerprint density at radius 3 is 2.81 bits per heavy atom. The summed E-state index contributed by atoms with van der Waals surface area (Å²) >= 11 is 0. The Morgan fingerprint density at radius 1 is 1.33 bits per heavy atom. The minimum absolute atomic E-state index is 0.00844. The number of benzene rings is 1. The Labute approximate surface area is 120 Å². The van der Waals surface area contributed by atoms with E-state index in [-0.39, 0.29) is 24.7 Å². The van der Waals surface area contributed by atoms with Crippen LogP contribution in [0, 0.1) is 12.7 Å². The molecule has 21 heavy (non-hydrogen) atoms. The Balaban J connectivity index is 2.13. The van der Waals surface area contributed by atoms with Gasteiger partial charge in [-0.05, 0) is 31.5 Å². The van der Waals surface area contributed by atoms with Gasteiger partial charge >= 0.3 is 5.97 Å². The van der Waals surface area contributed by atoms with Crippen molar-refractivity contribution in [3.05, 3.63) is 41.3 Å². The smallest absolute Gasteiger partial charge is 0.303 e. The van der Waals surface area contributed by atoms with Gasteiger partial charge in [0.1, 0.15) is 5.82 Å². The van der Waals surface area contributed by atoms with Crippen molar-refractivity contribution < 1.29 is 19.1 Å². The summed E-state index contributed by atoms with van der Waals surface area (Å²) in [4.78, 5) is 26.7. The van der Waals surface area contributed by atoms with Crippen LogP contribution in [0.3, 0.4) is 0 Å². The third-order valence-corrected chi connectivity index (χ3v) is 3.07. The van der Waals surface area contributed by atoms with Crippen molar-refractivity contribution in [2.24, 2.45) is 0 Å². The summed E-state index contributed by atoms with van der Waals surface area (Å²) < 4.78 is 13.1. The summed E-state index contributed by atoms with van der Waals surface area (Å²) in [6.45, 7) is 1.96. The maximum atomic E-state index is 13.1. The number of hydrogen-bond donors (Lipinski definition) is 2. The predicted octanol–water partition coefficient (Wildman–Crippen LogP) is 2.28.